The molecule has 0 unspecified atom stereocenters. The molecule has 2 aromatic heterocycles. The predicted molar refractivity (Wildman–Crippen MR) is 98.9 cm³/mol. The van der Waals surface area contributed by atoms with E-state index >= 15 is 0 Å². The Balaban J connectivity index is 1.43. The number of likely N-dealkylation sites (tertiary alicyclic amines) is 1. The van der Waals surface area contributed by atoms with E-state index in [1.54, 1.807) is 28.4 Å². The molecule has 0 aromatic carbocycles. The number of aromatic nitrogens is 1. The second-order valence-electron chi connectivity index (χ2n) is 6.06. The van der Waals surface area contributed by atoms with Crippen molar-refractivity contribution < 1.29 is 9.59 Å². The third-order valence-electron chi connectivity index (χ3n) is 4.38. The van der Waals surface area contributed by atoms with Crippen LogP contribution in [0, 0.1) is 5.92 Å². The van der Waals surface area contributed by atoms with Crippen molar-refractivity contribution in [1.29, 1.82) is 0 Å². The van der Waals surface area contributed by atoms with Gasteiger partial charge in [-0.15, -0.1) is 11.3 Å². The quantitative estimate of drug-likeness (QED) is 0.815. The zero-order valence-corrected chi connectivity index (χ0v) is 15.4. The van der Waals surface area contributed by atoms with Crippen molar-refractivity contribution in [3.05, 3.63) is 51.4 Å². The number of carbonyl (C=O) groups is 2. The average Bonchev–Trinajstić information content (AvgIpc) is 3.15. The van der Waals surface area contributed by atoms with Gasteiger partial charge in [0, 0.05) is 36.6 Å². The Hall–Kier alpha value is -1.92. The van der Waals surface area contributed by atoms with E-state index in [4.69, 9.17) is 11.6 Å². The van der Waals surface area contributed by atoms with Crippen LogP contribution in [0.3, 0.4) is 0 Å². The Labute approximate surface area is 156 Å². The number of nitrogens with one attached hydrogen (secondary N) is 1. The third kappa shape index (κ3) is 4.80. The average molecular weight is 378 g/mol. The summed E-state index contributed by atoms with van der Waals surface area (Å²) in [6, 6.07) is 7.39. The highest BCUT2D eigenvalue weighted by Gasteiger charge is 2.27. The predicted octanol–water partition coefficient (Wildman–Crippen LogP) is 3.01. The van der Waals surface area contributed by atoms with Crippen molar-refractivity contribution in [3.63, 3.8) is 0 Å². The molecule has 0 atom stereocenters. The molecule has 1 fully saturated rings. The van der Waals surface area contributed by atoms with Crippen LogP contribution in [0.1, 0.15) is 28.1 Å². The fraction of sp³-hybridized carbons (Fsp3) is 0.389. The fourth-order valence-electron chi connectivity index (χ4n) is 2.94. The number of pyridine rings is 1. The van der Waals surface area contributed by atoms with Gasteiger partial charge in [0.25, 0.3) is 5.91 Å². The molecular weight excluding hydrogens is 358 g/mol. The van der Waals surface area contributed by atoms with Crippen molar-refractivity contribution in [2.75, 3.05) is 19.6 Å². The van der Waals surface area contributed by atoms with Gasteiger partial charge < -0.3 is 10.2 Å². The molecule has 0 bridgehead atoms. The second-order valence-corrected chi connectivity index (χ2v) is 7.48. The summed E-state index contributed by atoms with van der Waals surface area (Å²) in [7, 11) is 0. The van der Waals surface area contributed by atoms with Crippen LogP contribution >= 0.6 is 22.9 Å². The van der Waals surface area contributed by atoms with E-state index in [9.17, 15) is 9.59 Å². The van der Waals surface area contributed by atoms with Crippen molar-refractivity contribution >= 4 is 34.8 Å². The van der Waals surface area contributed by atoms with Gasteiger partial charge in [0.2, 0.25) is 5.91 Å². The molecule has 3 rings (SSSR count). The topological polar surface area (TPSA) is 62.3 Å². The molecule has 7 heteroatoms. The summed E-state index contributed by atoms with van der Waals surface area (Å²) in [6.45, 7) is 1.84. The molecule has 2 aromatic rings. The lowest BCUT2D eigenvalue weighted by atomic mass is 9.95. The van der Waals surface area contributed by atoms with Crippen molar-refractivity contribution in [3.8, 4) is 0 Å². The van der Waals surface area contributed by atoms with Gasteiger partial charge in [0.1, 0.15) is 5.15 Å². The van der Waals surface area contributed by atoms with Crippen LogP contribution in [0.2, 0.25) is 5.15 Å². The van der Waals surface area contributed by atoms with Gasteiger partial charge in [0.05, 0.1) is 5.56 Å². The molecule has 1 aliphatic heterocycles. The summed E-state index contributed by atoms with van der Waals surface area (Å²) in [6.07, 6.45) is 3.74. The first-order chi connectivity index (χ1) is 12.1. The van der Waals surface area contributed by atoms with E-state index in [0.717, 1.165) is 6.42 Å². The van der Waals surface area contributed by atoms with Gasteiger partial charge in [0.15, 0.2) is 0 Å². The van der Waals surface area contributed by atoms with Gasteiger partial charge in [-0.25, -0.2) is 4.98 Å². The number of hydrogen-bond acceptors (Lipinski definition) is 4. The number of amides is 2. The Bertz CT molecular complexity index is 710. The Morgan fingerprint density at radius 2 is 2.08 bits per heavy atom. The summed E-state index contributed by atoms with van der Waals surface area (Å²) in [5.41, 5.74) is 0.531. The molecule has 0 radical (unpaired) electrons. The SMILES string of the molecule is O=C(NCCc1cccs1)C1CCN(C(=O)c2ccc(Cl)nc2)CC1. The molecule has 5 nitrogen and oxygen atoms in total. The van der Waals surface area contributed by atoms with Gasteiger partial charge in [-0.1, -0.05) is 17.7 Å². The lowest BCUT2D eigenvalue weighted by Gasteiger charge is -2.31. The van der Waals surface area contributed by atoms with Crippen molar-refractivity contribution in [2.45, 2.75) is 19.3 Å². The minimum atomic E-state index is -0.0549. The molecule has 1 aliphatic rings. The largest absolute Gasteiger partial charge is 0.355 e. The fourth-order valence-corrected chi connectivity index (χ4v) is 3.76. The minimum Gasteiger partial charge on any atom is -0.355 e. The number of halogens is 1. The summed E-state index contributed by atoms with van der Waals surface area (Å²) in [4.78, 5) is 31.7. The molecule has 0 spiro atoms. The maximum atomic E-state index is 12.4. The standard InChI is InChI=1S/C18H20ClN3O2S/c19-16-4-3-14(12-21-16)18(24)22-9-6-13(7-10-22)17(23)20-8-5-15-2-1-11-25-15/h1-4,11-13H,5-10H2,(H,20,23). The smallest absolute Gasteiger partial charge is 0.255 e. The zero-order chi connectivity index (χ0) is 17.6. The third-order valence-corrected chi connectivity index (χ3v) is 5.54. The number of carbonyl (C=O) groups excluding carboxylic acids is 2. The molecule has 25 heavy (non-hydrogen) atoms. The Morgan fingerprint density at radius 1 is 1.28 bits per heavy atom. The van der Waals surface area contributed by atoms with Gasteiger partial charge in [-0.2, -0.15) is 0 Å². The lowest BCUT2D eigenvalue weighted by Crippen LogP contribution is -2.43. The van der Waals surface area contributed by atoms with Gasteiger partial charge in [-0.3, -0.25) is 9.59 Å². The summed E-state index contributed by atoms with van der Waals surface area (Å²) >= 11 is 7.45. The monoisotopic (exact) mass is 377 g/mol. The molecular formula is C18H20ClN3O2S. The number of rotatable bonds is 5. The molecule has 2 amide bonds. The Morgan fingerprint density at radius 3 is 2.72 bits per heavy atom. The second kappa shape index (κ2) is 8.45. The first-order valence-corrected chi connectivity index (χ1v) is 9.60. The van der Waals surface area contributed by atoms with Crippen LogP contribution in [-0.2, 0) is 11.2 Å². The Kier molecular flexibility index (Phi) is 6.04. The summed E-state index contributed by atoms with van der Waals surface area (Å²) < 4.78 is 0. The minimum absolute atomic E-state index is 0.0178. The maximum absolute atomic E-state index is 12.4. The summed E-state index contributed by atoms with van der Waals surface area (Å²) in [5, 5.41) is 5.42. The van der Waals surface area contributed by atoms with Crippen LogP contribution in [0.15, 0.2) is 35.8 Å². The van der Waals surface area contributed by atoms with Gasteiger partial charge >= 0.3 is 0 Å². The van der Waals surface area contributed by atoms with Crippen LogP contribution in [0.25, 0.3) is 0 Å². The molecule has 1 N–H and O–H groups in total. The lowest BCUT2D eigenvalue weighted by molar-refractivity contribution is -0.126. The van der Waals surface area contributed by atoms with E-state index in [-0.39, 0.29) is 17.7 Å². The van der Waals surface area contributed by atoms with E-state index in [1.165, 1.54) is 11.1 Å². The highest BCUT2D eigenvalue weighted by Crippen LogP contribution is 2.19. The number of thiophene rings is 1. The molecule has 3 heterocycles. The van der Waals surface area contributed by atoms with E-state index in [0.29, 0.717) is 43.2 Å². The first-order valence-electron chi connectivity index (χ1n) is 8.34. The van der Waals surface area contributed by atoms with E-state index in [2.05, 4.69) is 16.4 Å². The van der Waals surface area contributed by atoms with Crippen molar-refractivity contribution in [2.24, 2.45) is 5.92 Å². The van der Waals surface area contributed by atoms with E-state index in [1.807, 2.05) is 11.4 Å². The van der Waals surface area contributed by atoms with Crippen LogP contribution in [0.4, 0.5) is 0 Å². The highest BCUT2D eigenvalue weighted by atomic mass is 35.5. The first kappa shape index (κ1) is 17.9. The maximum Gasteiger partial charge on any atom is 0.255 e. The summed E-state index contributed by atoms with van der Waals surface area (Å²) in [5.74, 6) is 0.0215. The van der Waals surface area contributed by atoms with Crippen molar-refractivity contribution in [1.82, 2.24) is 15.2 Å². The highest BCUT2D eigenvalue weighted by molar-refractivity contribution is 7.09. The zero-order valence-electron chi connectivity index (χ0n) is 13.8. The molecule has 132 valence electrons. The van der Waals surface area contributed by atoms with Crippen LogP contribution in [0.5, 0.6) is 0 Å². The number of hydrogen-bond donors (Lipinski definition) is 1. The van der Waals surface area contributed by atoms with Gasteiger partial charge in [-0.05, 0) is 42.8 Å². The molecule has 1 saturated heterocycles. The molecule has 0 saturated carbocycles. The number of nitrogens with zero attached hydrogens (tertiary/aromatic N) is 2. The van der Waals surface area contributed by atoms with E-state index < -0.39 is 0 Å². The number of piperidine rings is 1. The van der Waals surface area contributed by atoms with Crippen LogP contribution in [-0.4, -0.2) is 41.3 Å². The molecule has 0 aliphatic carbocycles. The van der Waals surface area contributed by atoms with Crippen LogP contribution < -0.4 is 5.32 Å². The normalized spacial score (nSPS) is 15.2.